The van der Waals surface area contributed by atoms with Gasteiger partial charge in [0.1, 0.15) is 0 Å². The van der Waals surface area contributed by atoms with E-state index >= 15 is 0 Å². The van der Waals surface area contributed by atoms with Crippen molar-refractivity contribution in [3.05, 3.63) is 93.7 Å². The molecule has 3 rings (SSSR count). The van der Waals surface area contributed by atoms with Crippen molar-refractivity contribution in [2.45, 2.75) is 13.8 Å². The number of halogens is 2. The Bertz CT molecular complexity index is 1070. The molecule has 0 spiro atoms. The number of nitrogens with one attached hydrogen (secondary N) is 1. The van der Waals surface area contributed by atoms with E-state index in [-0.39, 0.29) is 5.76 Å². The Labute approximate surface area is 179 Å². The molecule has 0 radical (unpaired) electrons. The summed E-state index contributed by atoms with van der Waals surface area (Å²) in [7, 11) is 0. The molecule has 1 aromatic heterocycles. The minimum atomic E-state index is -0.0634. The third-order valence-electron chi connectivity index (χ3n) is 4.24. The average Bonchev–Trinajstić information content (AvgIpc) is 2.67. The van der Waals surface area contributed by atoms with Crippen molar-refractivity contribution in [3.63, 3.8) is 0 Å². The summed E-state index contributed by atoms with van der Waals surface area (Å²) in [6, 6.07) is 16.6. The van der Waals surface area contributed by atoms with Crippen molar-refractivity contribution in [1.82, 2.24) is 0 Å². The summed E-state index contributed by atoms with van der Waals surface area (Å²) in [6.45, 7) is 4.01. The smallest absolute Gasteiger partial charge is 0.288 e. The van der Waals surface area contributed by atoms with Gasteiger partial charge in [-0.1, -0.05) is 53.6 Å². The maximum atomic E-state index is 11.1. The zero-order valence-corrected chi connectivity index (χ0v) is 17.7. The molecule has 0 saturated heterocycles. The van der Waals surface area contributed by atoms with E-state index in [9.17, 15) is 5.11 Å². The Morgan fingerprint density at radius 2 is 1.71 bits per heavy atom. The summed E-state index contributed by atoms with van der Waals surface area (Å²) < 4.78 is 1.74. The minimum Gasteiger partial charge on any atom is -0.502 e. The molecule has 0 unspecified atom stereocenters. The lowest BCUT2D eigenvalue weighted by Crippen LogP contribution is -2.38. The Hall–Kier alpha value is -2.40. The number of aliphatic hydroxyl groups excluding tert-OH is 1. The topological polar surface area (TPSA) is 36.1 Å². The fourth-order valence-electron chi connectivity index (χ4n) is 2.75. The van der Waals surface area contributed by atoms with Crippen molar-refractivity contribution in [1.29, 1.82) is 0 Å². The Balaban J connectivity index is 2.13. The Kier molecular flexibility index (Phi) is 6.35. The summed E-state index contributed by atoms with van der Waals surface area (Å²) in [5.74, 6) is -0.0634. The lowest BCUT2D eigenvalue weighted by atomic mass is 10.1. The van der Waals surface area contributed by atoms with Gasteiger partial charge in [0.05, 0.1) is 5.02 Å². The third-order valence-corrected chi connectivity index (χ3v) is 5.10. The molecule has 3 nitrogen and oxygen atoms in total. The van der Waals surface area contributed by atoms with Crippen LogP contribution in [0.2, 0.25) is 10.0 Å². The second-order valence-electron chi connectivity index (χ2n) is 6.38. The zero-order valence-electron chi connectivity index (χ0n) is 15.4. The van der Waals surface area contributed by atoms with E-state index in [0.717, 1.165) is 16.8 Å². The molecule has 0 aliphatic rings. The van der Waals surface area contributed by atoms with Gasteiger partial charge in [0.15, 0.2) is 17.4 Å². The molecule has 6 heteroatoms. The van der Waals surface area contributed by atoms with Crippen LogP contribution in [-0.4, -0.2) is 10.1 Å². The number of nitrogens with zero attached hydrogens (tertiary/aromatic N) is 1. The quantitative estimate of drug-likeness (QED) is 0.223. The molecule has 0 bridgehead atoms. The number of pyridine rings is 1. The molecule has 28 heavy (non-hydrogen) atoms. The fourth-order valence-corrected chi connectivity index (χ4v) is 3.44. The summed E-state index contributed by atoms with van der Waals surface area (Å²) in [4.78, 5) is 0.360. The fraction of sp³-hybridized carbons (Fsp3) is 0.0909. The van der Waals surface area contributed by atoms with E-state index in [0.29, 0.717) is 26.3 Å². The monoisotopic (exact) mass is 429 g/mol. The van der Waals surface area contributed by atoms with Crippen LogP contribution in [0.15, 0.2) is 67.0 Å². The summed E-state index contributed by atoms with van der Waals surface area (Å²) in [6.07, 6.45) is 3.61. The van der Waals surface area contributed by atoms with Gasteiger partial charge < -0.3 is 10.4 Å². The summed E-state index contributed by atoms with van der Waals surface area (Å²) in [5, 5.41) is 15.2. The van der Waals surface area contributed by atoms with Crippen LogP contribution in [0.3, 0.4) is 0 Å². The van der Waals surface area contributed by atoms with Gasteiger partial charge in [0, 0.05) is 28.4 Å². The first kappa shape index (κ1) is 20.3. The van der Waals surface area contributed by atoms with Crippen molar-refractivity contribution in [2.24, 2.45) is 0 Å². The molecule has 142 valence electrons. The van der Waals surface area contributed by atoms with Crippen molar-refractivity contribution in [2.75, 3.05) is 5.32 Å². The predicted octanol–water partition coefficient (Wildman–Crippen LogP) is 6.22. The molecule has 3 aromatic rings. The zero-order chi connectivity index (χ0) is 20.3. The molecule has 0 aliphatic carbocycles. The van der Waals surface area contributed by atoms with Crippen LogP contribution in [-0.2, 0) is 0 Å². The molecule has 2 N–H and O–H groups in total. The van der Waals surface area contributed by atoms with Crippen LogP contribution in [0, 0.1) is 13.8 Å². The van der Waals surface area contributed by atoms with Gasteiger partial charge in [-0.2, -0.15) is 4.57 Å². The molecule has 0 fully saturated rings. The lowest BCUT2D eigenvalue weighted by molar-refractivity contribution is -0.575. The van der Waals surface area contributed by atoms with Crippen LogP contribution >= 0.6 is 35.4 Å². The van der Waals surface area contributed by atoms with Crippen LogP contribution < -0.4 is 9.88 Å². The molecule has 0 aliphatic heterocycles. The van der Waals surface area contributed by atoms with E-state index in [1.165, 1.54) is 0 Å². The molecule has 1 heterocycles. The number of aryl methyl sites for hydroxylation is 2. The molecule has 0 amide bonds. The first-order valence-corrected chi connectivity index (χ1v) is 9.77. The second-order valence-corrected chi connectivity index (χ2v) is 7.63. The molecule has 0 saturated carbocycles. The lowest BCUT2D eigenvalue weighted by Gasteiger charge is -2.13. The van der Waals surface area contributed by atoms with E-state index < -0.39 is 0 Å². The Morgan fingerprint density at radius 3 is 2.43 bits per heavy atom. The normalized spacial score (nSPS) is 11.7. The van der Waals surface area contributed by atoms with Crippen LogP contribution in [0.25, 0.3) is 11.5 Å². The first-order chi connectivity index (χ1) is 13.4. The number of aliphatic hydroxyl groups is 1. The number of benzene rings is 2. The van der Waals surface area contributed by atoms with E-state index in [1.54, 1.807) is 35.2 Å². The summed E-state index contributed by atoms with van der Waals surface area (Å²) in [5.41, 5.74) is 3.84. The number of hydrogen-bond acceptors (Lipinski definition) is 2. The predicted molar refractivity (Wildman–Crippen MR) is 121 cm³/mol. The SMILES string of the molecule is Cc1ccc(C)c(NC(=S)/C(=C(/O)c2cc(Cl)ccc2Cl)[n+]2ccccc2)c1. The van der Waals surface area contributed by atoms with Gasteiger partial charge in [-0.25, -0.2) is 0 Å². The molecule has 0 atom stereocenters. The van der Waals surface area contributed by atoms with Crippen molar-refractivity contribution in [3.8, 4) is 0 Å². The van der Waals surface area contributed by atoms with Gasteiger partial charge in [-0.15, -0.1) is 0 Å². The highest BCUT2D eigenvalue weighted by atomic mass is 35.5. The van der Waals surface area contributed by atoms with Crippen LogP contribution in [0.5, 0.6) is 0 Å². The highest BCUT2D eigenvalue weighted by molar-refractivity contribution is 7.81. The van der Waals surface area contributed by atoms with Gasteiger partial charge in [-0.05, 0) is 49.2 Å². The van der Waals surface area contributed by atoms with Crippen molar-refractivity contribution < 1.29 is 9.67 Å². The molecular weight excluding hydrogens is 411 g/mol. The molecule has 2 aromatic carbocycles. The number of hydrogen-bond donors (Lipinski definition) is 2. The molecular formula is C22H19Cl2N2OS+. The van der Waals surface area contributed by atoms with Gasteiger partial charge in [0.25, 0.3) is 5.70 Å². The maximum absolute atomic E-state index is 11.1. The van der Waals surface area contributed by atoms with E-state index in [4.69, 9.17) is 35.4 Å². The van der Waals surface area contributed by atoms with Gasteiger partial charge in [-0.3, -0.25) is 0 Å². The van der Waals surface area contributed by atoms with E-state index in [1.807, 2.05) is 50.2 Å². The minimum absolute atomic E-state index is 0.0634. The number of rotatable bonds is 4. The van der Waals surface area contributed by atoms with Crippen LogP contribution in [0.1, 0.15) is 16.7 Å². The van der Waals surface area contributed by atoms with Gasteiger partial charge in [0.2, 0.25) is 5.76 Å². The Morgan fingerprint density at radius 1 is 1.00 bits per heavy atom. The largest absolute Gasteiger partial charge is 0.502 e. The highest BCUT2D eigenvalue weighted by Gasteiger charge is 2.25. The number of aromatic nitrogens is 1. The third kappa shape index (κ3) is 4.53. The highest BCUT2D eigenvalue weighted by Crippen LogP contribution is 2.29. The van der Waals surface area contributed by atoms with Crippen molar-refractivity contribution >= 4 is 57.6 Å². The average molecular weight is 430 g/mol. The standard InChI is InChI=1S/C22H18Cl2N2OS/c1-14-6-7-15(2)19(12-14)25-22(28)20(26-10-4-3-5-11-26)21(27)17-13-16(23)8-9-18(17)24/h3-13H,1-2H3,(H-,25,27,28)/p+1. The number of thiocarbonyl (C=S) groups is 1. The maximum Gasteiger partial charge on any atom is 0.288 e. The van der Waals surface area contributed by atoms with Gasteiger partial charge >= 0.3 is 0 Å². The van der Waals surface area contributed by atoms with E-state index in [2.05, 4.69) is 5.32 Å². The number of anilines is 1. The second kappa shape index (κ2) is 8.74. The first-order valence-electron chi connectivity index (χ1n) is 8.61. The summed E-state index contributed by atoms with van der Waals surface area (Å²) >= 11 is 18.1. The van der Waals surface area contributed by atoms with Crippen LogP contribution in [0.4, 0.5) is 5.69 Å².